The second kappa shape index (κ2) is 32.6. The van der Waals surface area contributed by atoms with Gasteiger partial charge in [-0.2, -0.15) is 5.10 Å². The molecule has 2 aromatic carbocycles. The maximum absolute atomic E-state index is 13.3. The predicted octanol–water partition coefficient (Wildman–Crippen LogP) is 13.8. The normalized spacial score (nSPS) is 12.7. The number of carbonyl (C=O) groups is 3. The monoisotopic (exact) mass is 788 g/mol. The van der Waals surface area contributed by atoms with E-state index >= 15 is 0 Å². The summed E-state index contributed by atoms with van der Waals surface area (Å²) in [4.78, 5) is 38.6. The maximum atomic E-state index is 13.3. The molecule has 7 nitrogen and oxygen atoms in total. The van der Waals surface area contributed by atoms with Gasteiger partial charge in [0, 0.05) is 31.2 Å². The van der Waals surface area contributed by atoms with Crippen molar-refractivity contribution in [3.63, 3.8) is 0 Å². The molecule has 2 atom stereocenters. The van der Waals surface area contributed by atoms with Gasteiger partial charge in [-0.15, -0.1) is 0 Å². The molecule has 0 aromatic heterocycles. The highest BCUT2D eigenvalue weighted by molar-refractivity contribution is 6.67. The van der Waals surface area contributed by atoms with Crippen LogP contribution >= 0.6 is 0 Å². The van der Waals surface area contributed by atoms with Crippen LogP contribution < -0.4 is 10.7 Å². The van der Waals surface area contributed by atoms with Crippen LogP contribution in [0.1, 0.15) is 211 Å². The number of hydrogen-bond donors (Lipinski definition) is 3. The number of unbranched alkanes of at least 4 members (excludes halogenated alkanes) is 17. The number of anilines is 2. The van der Waals surface area contributed by atoms with Crippen molar-refractivity contribution in [2.75, 3.05) is 17.3 Å². The number of ketones is 2. The third-order valence-corrected chi connectivity index (χ3v) is 11.6. The Balaban J connectivity index is 1.82. The molecule has 320 valence electrons. The molecule has 3 N–H and O–H groups in total. The zero-order valence-electron chi connectivity index (χ0n) is 36.7. The van der Waals surface area contributed by atoms with Gasteiger partial charge in [0.2, 0.25) is 0 Å². The number of amides is 1. The molecule has 0 fully saturated rings. The van der Waals surface area contributed by atoms with E-state index in [-0.39, 0.29) is 18.1 Å². The van der Waals surface area contributed by atoms with E-state index in [4.69, 9.17) is 5.11 Å². The number of carbonyl (C=O) groups excluding carboxylic acids is 3. The lowest BCUT2D eigenvalue weighted by molar-refractivity contribution is -0.114. The van der Waals surface area contributed by atoms with E-state index in [1.165, 1.54) is 148 Å². The van der Waals surface area contributed by atoms with E-state index in [0.29, 0.717) is 29.8 Å². The minimum absolute atomic E-state index is 0.0289. The van der Waals surface area contributed by atoms with Crippen molar-refractivity contribution < 1.29 is 19.5 Å². The third kappa shape index (κ3) is 22.4. The van der Waals surface area contributed by atoms with Crippen molar-refractivity contribution in [3.05, 3.63) is 59.7 Å². The molecule has 0 aliphatic heterocycles. The lowest BCUT2D eigenvalue weighted by Crippen LogP contribution is -2.29. The van der Waals surface area contributed by atoms with Crippen molar-refractivity contribution >= 4 is 34.6 Å². The Morgan fingerprint density at radius 3 is 1.60 bits per heavy atom. The van der Waals surface area contributed by atoms with Crippen LogP contribution in [0, 0.1) is 11.8 Å². The number of aliphatic hydroxyl groups excluding tert-OH is 1. The molecule has 0 aliphatic rings. The highest BCUT2D eigenvalue weighted by Gasteiger charge is 2.21. The van der Waals surface area contributed by atoms with Crippen LogP contribution in [-0.2, 0) is 16.0 Å². The largest absolute Gasteiger partial charge is 0.396 e. The smallest absolute Gasteiger partial charge is 0.279 e. The van der Waals surface area contributed by atoms with Crippen molar-refractivity contribution in [2.24, 2.45) is 16.9 Å². The lowest BCUT2D eigenvalue weighted by atomic mass is 9.78. The summed E-state index contributed by atoms with van der Waals surface area (Å²) in [5.41, 5.74) is 4.98. The fourth-order valence-corrected chi connectivity index (χ4v) is 8.17. The molecule has 2 aromatic rings. The number of Topliss-reactive ketones (excluding diaryl/α,β-unsaturated/α-hetero) is 2. The van der Waals surface area contributed by atoms with E-state index in [1.54, 1.807) is 30.3 Å². The van der Waals surface area contributed by atoms with Gasteiger partial charge in [-0.05, 0) is 54.5 Å². The Hall–Kier alpha value is -3.32. The molecule has 0 heterocycles. The topological polar surface area (TPSA) is 108 Å². The highest BCUT2D eigenvalue weighted by Crippen LogP contribution is 2.33. The molecule has 1 amide bonds. The summed E-state index contributed by atoms with van der Waals surface area (Å²) < 4.78 is 0. The number of benzene rings is 2. The summed E-state index contributed by atoms with van der Waals surface area (Å²) >= 11 is 0. The molecule has 0 saturated carbocycles. The summed E-state index contributed by atoms with van der Waals surface area (Å²) in [5.74, 6) is 0.677. The Bertz CT molecular complexity index is 1390. The van der Waals surface area contributed by atoms with Gasteiger partial charge in [-0.1, -0.05) is 199 Å². The Kier molecular flexibility index (Phi) is 28.5. The van der Waals surface area contributed by atoms with E-state index in [9.17, 15) is 14.4 Å². The van der Waals surface area contributed by atoms with Crippen LogP contribution in [0.5, 0.6) is 0 Å². The summed E-state index contributed by atoms with van der Waals surface area (Å²) in [7, 11) is 0. The summed E-state index contributed by atoms with van der Waals surface area (Å²) in [6.07, 6.45) is 34.3. The first-order valence-corrected chi connectivity index (χ1v) is 23.3. The fourth-order valence-electron chi connectivity index (χ4n) is 8.17. The van der Waals surface area contributed by atoms with Crippen LogP contribution in [0.3, 0.4) is 0 Å². The summed E-state index contributed by atoms with van der Waals surface area (Å²) in [5, 5.41) is 16.0. The van der Waals surface area contributed by atoms with E-state index in [1.807, 2.05) is 18.2 Å². The fraction of sp³-hybridized carbons (Fsp3) is 0.680. The average Bonchev–Trinajstić information content (AvgIpc) is 3.20. The number of hydrogen-bond acceptors (Lipinski definition) is 6. The van der Waals surface area contributed by atoms with Crippen LogP contribution in [0.25, 0.3) is 0 Å². The van der Waals surface area contributed by atoms with Gasteiger partial charge in [-0.3, -0.25) is 19.8 Å². The van der Waals surface area contributed by atoms with Crippen molar-refractivity contribution in [1.82, 2.24) is 0 Å². The third-order valence-electron chi connectivity index (χ3n) is 11.6. The van der Waals surface area contributed by atoms with Gasteiger partial charge in [0.25, 0.3) is 5.91 Å². The van der Waals surface area contributed by atoms with Gasteiger partial charge >= 0.3 is 0 Å². The van der Waals surface area contributed by atoms with Gasteiger partial charge in [0.15, 0.2) is 17.3 Å². The van der Waals surface area contributed by atoms with Crippen LogP contribution in [0.2, 0.25) is 0 Å². The molecule has 2 unspecified atom stereocenters. The molecule has 0 radical (unpaired) electrons. The van der Waals surface area contributed by atoms with Crippen LogP contribution in [-0.4, -0.2) is 34.9 Å². The van der Waals surface area contributed by atoms with Gasteiger partial charge in [0.1, 0.15) is 0 Å². The lowest BCUT2D eigenvalue weighted by Gasteiger charge is -2.28. The standard InChI is InChI=1S/C50H81N3O4/c1-5-8-10-12-14-18-22-29-43(28-7-3)44(30-23-19-15-13-11-9-6-2)31-24-20-16-17-21-25-34-48(56)46-32-26-27-33-47(46)52-53-49(41(4)55)50(57)51-45-37-35-42(36-38-45)39-40-54/h26-27,32-33,35-38,43-44,52,54H,5-25,28-31,34,39-40H2,1-4H3,(H,51,57)/b53-49-. The molecule has 0 saturated heterocycles. The van der Waals surface area contributed by atoms with Crippen molar-refractivity contribution in [3.8, 4) is 0 Å². The van der Waals surface area contributed by atoms with E-state index < -0.39 is 11.7 Å². The Morgan fingerprint density at radius 1 is 0.596 bits per heavy atom. The summed E-state index contributed by atoms with van der Waals surface area (Å²) in [6, 6.07) is 14.2. The molecular formula is C50H81N3O4. The highest BCUT2D eigenvalue weighted by atomic mass is 16.3. The first kappa shape index (κ1) is 49.8. The maximum Gasteiger partial charge on any atom is 0.279 e. The van der Waals surface area contributed by atoms with Gasteiger partial charge < -0.3 is 10.4 Å². The van der Waals surface area contributed by atoms with Gasteiger partial charge in [-0.25, -0.2) is 0 Å². The molecule has 0 bridgehead atoms. The number of hydrazone groups is 1. The quantitative estimate of drug-likeness (QED) is 0.0209. The molecule has 0 spiro atoms. The SMILES string of the molecule is CCCCCCCCCC(CCC)C(CCCCCCCCC)CCCCCCCCC(=O)c1ccccc1N/N=C(/C(C)=O)C(=O)Nc1ccc(CCO)cc1. The zero-order valence-corrected chi connectivity index (χ0v) is 36.7. The number of nitrogens with zero attached hydrogens (tertiary/aromatic N) is 1. The van der Waals surface area contributed by atoms with E-state index in [0.717, 1.165) is 36.7 Å². The second-order valence-electron chi connectivity index (χ2n) is 16.5. The molecule has 57 heavy (non-hydrogen) atoms. The van der Waals surface area contributed by atoms with Crippen molar-refractivity contribution in [2.45, 2.75) is 201 Å². The molecule has 7 heteroatoms. The number of aliphatic hydroxyl groups is 1. The number of rotatable bonds is 36. The van der Waals surface area contributed by atoms with Crippen LogP contribution in [0.15, 0.2) is 53.6 Å². The Morgan fingerprint density at radius 2 is 1.09 bits per heavy atom. The predicted molar refractivity (Wildman–Crippen MR) is 242 cm³/mol. The Labute approximate surface area is 348 Å². The molecular weight excluding hydrogens is 707 g/mol. The van der Waals surface area contributed by atoms with Gasteiger partial charge in [0.05, 0.1) is 5.69 Å². The number of nitrogens with one attached hydrogen (secondary N) is 2. The van der Waals surface area contributed by atoms with Crippen molar-refractivity contribution in [1.29, 1.82) is 0 Å². The number of para-hydroxylation sites is 1. The minimum atomic E-state index is -0.637. The average molecular weight is 788 g/mol. The van der Waals surface area contributed by atoms with Crippen LogP contribution in [0.4, 0.5) is 11.4 Å². The minimum Gasteiger partial charge on any atom is -0.396 e. The molecule has 0 aliphatic carbocycles. The second-order valence-corrected chi connectivity index (χ2v) is 16.5. The molecule has 2 rings (SSSR count). The summed E-state index contributed by atoms with van der Waals surface area (Å²) in [6.45, 7) is 8.31. The zero-order chi connectivity index (χ0) is 41.4. The first-order chi connectivity index (χ1) is 27.8. The van der Waals surface area contributed by atoms with E-state index in [2.05, 4.69) is 36.6 Å². The first-order valence-electron chi connectivity index (χ1n) is 23.3.